The van der Waals surface area contributed by atoms with E-state index >= 15 is 0 Å². The molecule has 1 amide bonds. The molecule has 5 heteroatoms. The molecule has 0 heterocycles. The monoisotopic (exact) mass is 307 g/mol. The summed E-state index contributed by atoms with van der Waals surface area (Å²) in [6.45, 7) is 0.583. The average molecular weight is 307 g/mol. The highest BCUT2D eigenvalue weighted by Crippen LogP contribution is 2.35. The van der Waals surface area contributed by atoms with Gasteiger partial charge < -0.3 is 19.9 Å². The molecule has 122 valence electrons. The van der Waals surface area contributed by atoms with Gasteiger partial charge in [0.2, 0.25) is 0 Å². The van der Waals surface area contributed by atoms with E-state index in [-0.39, 0.29) is 17.9 Å². The third-order valence-corrected chi connectivity index (χ3v) is 4.53. The Hall–Kier alpha value is -1.75. The van der Waals surface area contributed by atoms with E-state index in [1.807, 2.05) is 0 Å². The van der Waals surface area contributed by atoms with Gasteiger partial charge in [-0.3, -0.25) is 4.79 Å². The summed E-state index contributed by atoms with van der Waals surface area (Å²) in [7, 11) is 3.06. The third-order valence-electron chi connectivity index (χ3n) is 4.53. The Balaban J connectivity index is 2.12. The van der Waals surface area contributed by atoms with Gasteiger partial charge in [-0.25, -0.2) is 0 Å². The van der Waals surface area contributed by atoms with Crippen LogP contribution < -0.4 is 14.8 Å². The van der Waals surface area contributed by atoms with Crippen LogP contribution in [0.25, 0.3) is 0 Å². The minimum absolute atomic E-state index is 0.107. The van der Waals surface area contributed by atoms with Gasteiger partial charge in [0.25, 0.3) is 5.91 Å². The van der Waals surface area contributed by atoms with Gasteiger partial charge in [0.1, 0.15) is 17.1 Å². The van der Waals surface area contributed by atoms with Gasteiger partial charge >= 0.3 is 0 Å². The van der Waals surface area contributed by atoms with Crippen molar-refractivity contribution < 1.29 is 19.4 Å². The zero-order valence-corrected chi connectivity index (χ0v) is 13.4. The Bertz CT molecular complexity index is 487. The normalized spacial score (nSPS) is 16.9. The van der Waals surface area contributed by atoms with Crippen LogP contribution in [0.3, 0.4) is 0 Å². The molecule has 2 rings (SSSR count). The minimum atomic E-state index is -0.229. The van der Waals surface area contributed by atoms with Crippen molar-refractivity contribution >= 4 is 5.91 Å². The van der Waals surface area contributed by atoms with Gasteiger partial charge in [0.05, 0.1) is 20.8 Å². The fourth-order valence-electron chi connectivity index (χ4n) is 3.12. The van der Waals surface area contributed by atoms with Gasteiger partial charge in [-0.15, -0.1) is 0 Å². The van der Waals surface area contributed by atoms with E-state index in [0.717, 1.165) is 25.7 Å². The summed E-state index contributed by atoms with van der Waals surface area (Å²) in [6.07, 6.45) is 5.32. The van der Waals surface area contributed by atoms with Crippen molar-refractivity contribution in [1.82, 2.24) is 5.32 Å². The average Bonchev–Trinajstić information content (AvgIpc) is 2.59. The summed E-state index contributed by atoms with van der Waals surface area (Å²) < 4.78 is 10.5. The Morgan fingerprint density at radius 3 is 2.27 bits per heavy atom. The number of aliphatic hydroxyl groups is 1. The zero-order chi connectivity index (χ0) is 16.0. The first-order valence-corrected chi connectivity index (χ1v) is 7.76. The number of hydrogen-bond donors (Lipinski definition) is 2. The largest absolute Gasteiger partial charge is 0.496 e. The van der Waals surface area contributed by atoms with Crippen LogP contribution in [0.2, 0.25) is 0 Å². The van der Waals surface area contributed by atoms with Crippen LogP contribution in [0.5, 0.6) is 11.5 Å². The van der Waals surface area contributed by atoms with Crippen LogP contribution in [0, 0.1) is 5.41 Å². The van der Waals surface area contributed by atoms with E-state index in [0.29, 0.717) is 23.6 Å². The standard InChI is InChI=1S/C17H25NO4/c1-21-13-7-6-8-14(22-2)15(13)16(20)18-11-17(12-19)9-4-3-5-10-17/h6-8,19H,3-5,9-12H2,1-2H3,(H,18,20). The fourth-order valence-corrected chi connectivity index (χ4v) is 3.12. The topological polar surface area (TPSA) is 67.8 Å². The molecule has 0 unspecified atom stereocenters. The summed E-state index contributed by atoms with van der Waals surface area (Å²) in [4.78, 5) is 12.6. The van der Waals surface area contributed by atoms with Crippen molar-refractivity contribution in [2.45, 2.75) is 32.1 Å². The molecule has 1 fully saturated rings. The number of nitrogens with one attached hydrogen (secondary N) is 1. The molecule has 2 N–H and O–H groups in total. The second kappa shape index (κ2) is 7.49. The number of methoxy groups -OCH3 is 2. The minimum Gasteiger partial charge on any atom is -0.496 e. The molecule has 1 saturated carbocycles. The maximum Gasteiger partial charge on any atom is 0.258 e. The lowest BCUT2D eigenvalue weighted by Gasteiger charge is -2.35. The van der Waals surface area contributed by atoms with Crippen LogP contribution in [0.4, 0.5) is 0 Å². The number of rotatable bonds is 6. The Labute approximate surface area is 131 Å². The van der Waals surface area contributed by atoms with E-state index < -0.39 is 0 Å². The number of carbonyl (C=O) groups is 1. The van der Waals surface area contributed by atoms with Crippen LogP contribution in [0.15, 0.2) is 18.2 Å². The van der Waals surface area contributed by atoms with Gasteiger partial charge in [-0.2, -0.15) is 0 Å². The molecule has 1 aliphatic carbocycles. The van der Waals surface area contributed by atoms with E-state index in [4.69, 9.17) is 9.47 Å². The zero-order valence-electron chi connectivity index (χ0n) is 13.4. The number of hydrogen-bond acceptors (Lipinski definition) is 4. The number of carbonyl (C=O) groups excluding carboxylic acids is 1. The molecular weight excluding hydrogens is 282 g/mol. The third kappa shape index (κ3) is 3.53. The molecule has 0 aromatic heterocycles. The second-order valence-electron chi connectivity index (χ2n) is 5.94. The number of aliphatic hydroxyl groups excluding tert-OH is 1. The molecule has 0 bridgehead atoms. The summed E-state index contributed by atoms with van der Waals surface area (Å²) in [6, 6.07) is 5.25. The fraction of sp³-hybridized carbons (Fsp3) is 0.588. The molecule has 0 spiro atoms. The first-order valence-electron chi connectivity index (χ1n) is 7.76. The van der Waals surface area contributed by atoms with Crippen LogP contribution in [-0.4, -0.2) is 38.4 Å². The highest BCUT2D eigenvalue weighted by molar-refractivity contribution is 5.99. The molecule has 1 aromatic carbocycles. The summed E-state index contributed by atoms with van der Waals surface area (Å²) >= 11 is 0. The molecule has 22 heavy (non-hydrogen) atoms. The predicted molar refractivity (Wildman–Crippen MR) is 84.5 cm³/mol. The van der Waals surface area contributed by atoms with E-state index in [9.17, 15) is 9.90 Å². The molecule has 0 atom stereocenters. The van der Waals surface area contributed by atoms with Gasteiger partial charge in [0.15, 0.2) is 0 Å². The first kappa shape index (κ1) is 16.6. The molecule has 0 aliphatic heterocycles. The SMILES string of the molecule is COc1cccc(OC)c1C(=O)NCC1(CO)CCCCC1. The van der Waals surface area contributed by atoms with Gasteiger partial charge in [-0.05, 0) is 25.0 Å². The highest BCUT2D eigenvalue weighted by atomic mass is 16.5. The molecule has 0 radical (unpaired) electrons. The smallest absolute Gasteiger partial charge is 0.258 e. The molecule has 1 aliphatic rings. The van der Waals surface area contributed by atoms with Gasteiger partial charge in [0, 0.05) is 12.0 Å². The molecule has 5 nitrogen and oxygen atoms in total. The molecular formula is C17H25NO4. The Morgan fingerprint density at radius 2 is 1.77 bits per heavy atom. The van der Waals surface area contributed by atoms with E-state index in [1.165, 1.54) is 20.6 Å². The van der Waals surface area contributed by atoms with Crippen molar-refractivity contribution in [1.29, 1.82) is 0 Å². The van der Waals surface area contributed by atoms with Crippen LogP contribution >= 0.6 is 0 Å². The lowest BCUT2D eigenvalue weighted by molar-refractivity contribution is 0.0715. The summed E-state index contributed by atoms with van der Waals surface area (Å²) in [5, 5.41) is 12.7. The predicted octanol–water partition coefficient (Wildman–Crippen LogP) is 2.38. The highest BCUT2D eigenvalue weighted by Gasteiger charge is 2.32. The Morgan fingerprint density at radius 1 is 1.18 bits per heavy atom. The second-order valence-corrected chi connectivity index (χ2v) is 5.94. The molecule has 0 saturated heterocycles. The van der Waals surface area contributed by atoms with Crippen molar-refractivity contribution in [2.24, 2.45) is 5.41 Å². The van der Waals surface area contributed by atoms with Crippen molar-refractivity contribution in [3.63, 3.8) is 0 Å². The number of ether oxygens (including phenoxy) is 2. The lowest BCUT2D eigenvalue weighted by Crippen LogP contribution is -2.41. The number of benzene rings is 1. The van der Waals surface area contributed by atoms with Crippen molar-refractivity contribution in [3.05, 3.63) is 23.8 Å². The van der Waals surface area contributed by atoms with Crippen LogP contribution in [0.1, 0.15) is 42.5 Å². The summed E-state index contributed by atoms with van der Waals surface area (Å²) in [5.74, 6) is 0.741. The first-order chi connectivity index (χ1) is 10.7. The van der Waals surface area contributed by atoms with Crippen molar-refractivity contribution in [3.8, 4) is 11.5 Å². The Kier molecular flexibility index (Phi) is 5.66. The number of amides is 1. The van der Waals surface area contributed by atoms with Crippen LogP contribution in [-0.2, 0) is 0 Å². The maximum atomic E-state index is 12.6. The van der Waals surface area contributed by atoms with Crippen molar-refractivity contribution in [2.75, 3.05) is 27.4 Å². The lowest BCUT2D eigenvalue weighted by atomic mass is 9.74. The molecule has 1 aromatic rings. The maximum absolute atomic E-state index is 12.6. The van der Waals surface area contributed by atoms with E-state index in [1.54, 1.807) is 18.2 Å². The van der Waals surface area contributed by atoms with E-state index in [2.05, 4.69) is 5.32 Å². The quantitative estimate of drug-likeness (QED) is 0.846. The van der Waals surface area contributed by atoms with Gasteiger partial charge in [-0.1, -0.05) is 25.3 Å². The summed E-state index contributed by atoms with van der Waals surface area (Å²) in [5.41, 5.74) is 0.208.